The third-order valence-electron chi connectivity index (χ3n) is 2.88. The Labute approximate surface area is 98.7 Å². The summed E-state index contributed by atoms with van der Waals surface area (Å²) in [5.41, 5.74) is 0. The molecule has 1 N–H and O–H groups in total. The first-order valence-corrected chi connectivity index (χ1v) is 6.29. The van der Waals surface area contributed by atoms with Crippen molar-refractivity contribution in [1.29, 1.82) is 0 Å². The second-order valence-electron chi connectivity index (χ2n) is 3.84. The maximum Gasteiger partial charge on any atom is 0.202 e. The van der Waals surface area contributed by atoms with Crippen molar-refractivity contribution in [3.05, 3.63) is 12.4 Å². The maximum absolute atomic E-state index is 4.28. The summed E-state index contributed by atoms with van der Waals surface area (Å²) in [6, 6.07) is 0. The number of nitrogens with one attached hydrogen (secondary N) is 1. The van der Waals surface area contributed by atoms with E-state index in [1.165, 1.54) is 0 Å². The van der Waals surface area contributed by atoms with Crippen LogP contribution >= 0.6 is 0 Å². The highest BCUT2D eigenvalue weighted by atomic mass is 15.2. The minimum Gasteiger partial charge on any atom is -0.356 e. The van der Waals surface area contributed by atoms with Gasteiger partial charge in [0.25, 0.3) is 0 Å². The summed E-state index contributed by atoms with van der Waals surface area (Å²) in [5, 5.41) is 3.37. The van der Waals surface area contributed by atoms with Gasteiger partial charge in [-0.1, -0.05) is 13.8 Å². The molecule has 4 nitrogen and oxygen atoms in total. The van der Waals surface area contributed by atoms with Crippen LogP contribution in [0.4, 0.5) is 5.95 Å². The molecular weight excluding hydrogens is 200 g/mol. The predicted octanol–water partition coefficient (Wildman–Crippen LogP) is 2.05. The highest BCUT2D eigenvalue weighted by Crippen LogP contribution is 2.03. The molecular formula is C12H24N4. The van der Waals surface area contributed by atoms with Gasteiger partial charge in [-0.3, -0.25) is 0 Å². The lowest BCUT2D eigenvalue weighted by molar-refractivity contribution is 0.303. The molecule has 0 aliphatic rings. The average molecular weight is 224 g/mol. The first-order valence-electron chi connectivity index (χ1n) is 6.29. The van der Waals surface area contributed by atoms with Crippen molar-refractivity contribution in [2.24, 2.45) is 0 Å². The van der Waals surface area contributed by atoms with Gasteiger partial charge in [-0.2, -0.15) is 0 Å². The second kappa shape index (κ2) is 7.28. The van der Waals surface area contributed by atoms with E-state index in [4.69, 9.17) is 0 Å². The van der Waals surface area contributed by atoms with Gasteiger partial charge in [-0.15, -0.1) is 0 Å². The summed E-state index contributed by atoms with van der Waals surface area (Å²) in [4.78, 5) is 6.72. The van der Waals surface area contributed by atoms with E-state index in [2.05, 4.69) is 40.5 Å². The molecule has 0 bridgehead atoms. The molecule has 0 spiro atoms. The van der Waals surface area contributed by atoms with Crippen LogP contribution in [0.15, 0.2) is 12.4 Å². The minimum atomic E-state index is 0.971. The lowest BCUT2D eigenvalue weighted by atomic mass is 10.3. The standard InChI is InChI=1S/C12H24N4/c1-4-15(5-2)10-7-8-13-12-14-9-11-16(12)6-3/h9,11H,4-8,10H2,1-3H3,(H,13,14). The Morgan fingerprint density at radius 2 is 2.06 bits per heavy atom. The van der Waals surface area contributed by atoms with Crippen molar-refractivity contribution in [2.75, 3.05) is 31.5 Å². The molecule has 4 heteroatoms. The zero-order valence-corrected chi connectivity index (χ0v) is 10.7. The highest BCUT2D eigenvalue weighted by molar-refractivity contribution is 5.25. The van der Waals surface area contributed by atoms with Gasteiger partial charge in [0.05, 0.1) is 0 Å². The number of aromatic nitrogens is 2. The number of imidazole rings is 1. The van der Waals surface area contributed by atoms with Gasteiger partial charge in [-0.25, -0.2) is 4.98 Å². The molecule has 1 aromatic heterocycles. The van der Waals surface area contributed by atoms with Crippen LogP contribution in [-0.4, -0.2) is 40.6 Å². The highest BCUT2D eigenvalue weighted by Gasteiger charge is 2.01. The molecule has 0 unspecified atom stereocenters. The SMILES string of the molecule is CCN(CC)CCCNc1nccn1CC. The molecule has 0 saturated carbocycles. The van der Waals surface area contributed by atoms with Crippen molar-refractivity contribution in [2.45, 2.75) is 33.7 Å². The van der Waals surface area contributed by atoms with Crippen LogP contribution in [0.5, 0.6) is 0 Å². The van der Waals surface area contributed by atoms with E-state index in [0.717, 1.165) is 45.1 Å². The van der Waals surface area contributed by atoms with Crippen LogP contribution in [0.2, 0.25) is 0 Å². The molecule has 92 valence electrons. The van der Waals surface area contributed by atoms with E-state index >= 15 is 0 Å². The van der Waals surface area contributed by atoms with Crippen LogP contribution in [0.1, 0.15) is 27.2 Å². The predicted molar refractivity (Wildman–Crippen MR) is 68.8 cm³/mol. The largest absolute Gasteiger partial charge is 0.356 e. The molecule has 0 atom stereocenters. The van der Waals surface area contributed by atoms with E-state index < -0.39 is 0 Å². The molecule has 0 amide bonds. The summed E-state index contributed by atoms with van der Waals surface area (Å²) < 4.78 is 2.12. The number of hydrogen-bond acceptors (Lipinski definition) is 3. The maximum atomic E-state index is 4.28. The molecule has 16 heavy (non-hydrogen) atoms. The molecule has 0 fully saturated rings. The van der Waals surface area contributed by atoms with Crippen molar-refractivity contribution >= 4 is 5.95 Å². The van der Waals surface area contributed by atoms with Crippen LogP contribution in [0.3, 0.4) is 0 Å². The van der Waals surface area contributed by atoms with E-state index in [0.29, 0.717) is 0 Å². The summed E-state index contributed by atoms with van der Waals surface area (Å²) in [5.74, 6) is 0.988. The summed E-state index contributed by atoms with van der Waals surface area (Å²) in [7, 11) is 0. The molecule has 1 aromatic rings. The Kier molecular flexibility index (Phi) is 5.93. The van der Waals surface area contributed by atoms with Crippen molar-refractivity contribution in [1.82, 2.24) is 14.5 Å². The number of aryl methyl sites for hydroxylation is 1. The lowest BCUT2D eigenvalue weighted by Gasteiger charge is -2.17. The van der Waals surface area contributed by atoms with Crippen LogP contribution < -0.4 is 5.32 Å². The third-order valence-corrected chi connectivity index (χ3v) is 2.88. The number of nitrogens with zero attached hydrogens (tertiary/aromatic N) is 3. The fraction of sp³-hybridized carbons (Fsp3) is 0.750. The van der Waals surface area contributed by atoms with Gasteiger partial charge >= 0.3 is 0 Å². The van der Waals surface area contributed by atoms with E-state index in [9.17, 15) is 0 Å². The van der Waals surface area contributed by atoms with Crippen molar-refractivity contribution in [3.63, 3.8) is 0 Å². The van der Waals surface area contributed by atoms with Crippen molar-refractivity contribution < 1.29 is 0 Å². The van der Waals surface area contributed by atoms with Crippen LogP contribution in [-0.2, 0) is 6.54 Å². The third kappa shape index (κ3) is 3.85. The Bertz CT molecular complexity index is 278. The Morgan fingerprint density at radius 3 is 2.69 bits per heavy atom. The molecule has 0 aliphatic carbocycles. The minimum absolute atomic E-state index is 0.971. The molecule has 1 rings (SSSR count). The smallest absolute Gasteiger partial charge is 0.202 e. The zero-order valence-electron chi connectivity index (χ0n) is 10.7. The quantitative estimate of drug-likeness (QED) is 0.686. The lowest BCUT2D eigenvalue weighted by Crippen LogP contribution is -2.25. The normalized spacial score (nSPS) is 11.0. The van der Waals surface area contributed by atoms with Crippen LogP contribution in [0, 0.1) is 0 Å². The summed E-state index contributed by atoms with van der Waals surface area (Å²) in [6.45, 7) is 11.9. The Hall–Kier alpha value is -1.03. The molecule has 0 radical (unpaired) electrons. The van der Waals surface area contributed by atoms with Gasteiger partial charge in [0.2, 0.25) is 5.95 Å². The topological polar surface area (TPSA) is 33.1 Å². The van der Waals surface area contributed by atoms with E-state index in [-0.39, 0.29) is 0 Å². The second-order valence-corrected chi connectivity index (χ2v) is 3.84. The van der Waals surface area contributed by atoms with Gasteiger partial charge in [0, 0.05) is 25.5 Å². The van der Waals surface area contributed by atoms with Crippen LogP contribution in [0.25, 0.3) is 0 Å². The molecule has 0 aromatic carbocycles. The van der Waals surface area contributed by atoms with E-state index in [1.807, 2.05) is 12.4 Å². The molecule has 0 saturated heterocycles. The van der Waals surface area contributed by atoms with Gasteiger partial charge in [0.15, 0.2) is 0 Å². The fourth-order valence-corrected chi connectivity index (χ4v) is 1.77. The van der Waals surface area contributed by atoms with Gasteiger partial charge in [0.1, 0.15) is 0 Å². The summed E-state index contributed by atoms with van der Waals surface area (Å²) in [6.07, 6.45) is 5.02. The first kappa shape index (κ1) is 13.0. The summed E-state index contributed by atoms with van der Waals surface area (Å²) >= 11 is 0. The number of rotatable bonds is 8. The van der Waals surface area contributed by atoms with E-state index in [1.54, 1.807) is 0 Å². The average Bonchev–Trinajstić information content (AvgIpc) is 2.77. The number of hydrogen-bond donors (Lipinski definition) is 1. The van der Waals surface area contributed by atoms with Gasteiger partial charge < -0.3 is 14.8 Å². The fourth-order valence-electron chi connectivity index (χ4n) is 1.77. The zero-order chi connectivity index (χ0) is 11.8. The molecule has 0 aliphatic heterocycles. The number of anilines is 1. The Morgan fingerprint density at radius 1 is 1.31 bits per heavy atom. The Balaban J connectivity index is 2.20. The van der Waals surface area contributed by atoms with Crippen molar-refractivity contribution in [3.8, 4) is 0 Å². The molecule has 1 heterocycles. The monoisotopic (exact) mass is 224 g/mol. The first-order chi connectivity index (χ1) is 7.81. The van der Waals surface area contributed by atoms with Gasteiger partial charge in [-0.05, 0) is 33.0 Å².